The number of nitrogens with zero attached hydrogens (tertiary/aromatic N) is 8. The molecular formula is C42H48N12O7S. The zero-order chi connectivity index (χ0) is 43.9. The van der Waals surface area contributed by atoms with Crippen LogP contribution in [0.3, 0.4) is 0 Å². The van der Waals surface area contributed by atoms with Crippen molar-refractivity contribution in [3.63, 3.8) is 0 Å². The largest absolute Gasteiger partial charge is 0.492 e. The Labute approximate surface area is 358 Å². The molecule has 2 saturated heterocycles. The molecule has 8 rings (SSSR count). The van der Waals surface area contributed by atoms with E-state index in [4.69, 9.17) is 4.74 Å². The number of aromatic nitrogens is 6. The molecule has 0 bridgehead atoms. The Morgan fingerprint density at radius 3 is 2.44 bits per heavy atom. The molecule has 3 aliphatic heterocycles. The molecule has 0 aliphatic carbocycles. The maximum atomic E-state index is 13.9. The summed E-state index contributed by atoms with van der Waals surface area (Å²) in [6, 6.07) is 7.51. The molecule has 4 N–H and O–H groups in total. The number of benzene rings is 2. The lowest BCUT2D eigenvalue weighted by atomic mass is 10.0. The summed E-state index contributed by atoms with van der Waals surface area (Å²) in [6.07, 6.45) is 5.39. The molecule has 4 amide bonds. The van der Waals surface area contributed by atoms with E-state index in [1.807, 2.05) is 18.7 Å². The number of piperazine rings is 1. The molecule has 2 fully saturated rings. The van der Waals surface area contributed by atoms with Gasteiger partial charge in [0, 0.05) is 97.6 Å². The van der Waals surface area contributed by atoms with Crippen LogP contribution in [0.5, 0.6) is 5.75 Å². The quantitative estimate of drug-likeness (QED) is 0.103. The van der Waals surface area contributed by atoms with Crippen LogP contribution in [0.15, 0.2) is 53.9 Å². The molecule has 5 aromatic rings. The van der Waals surface area contributed by atoms with E-state index >= 15 is 0 Å². The smallest absolute Gasteiger partial charge is 0.258 e. The van der Waals surface area contributed by atoms with Crippen molar-refractivity contribution in [1.29, 1.82) is 0 Å². The van der Waals surface area contributed by atoms with E-state index in [0.29, 0.717) is 64.8 Å². The van der Waals surface area contributed by atoms with Gasteiger partial charge in [0.1, 0.15) is 28.8 Å². The van der Waals surface area contributed by atoms with Gasteiger partial charge in [-0.2, -0.15) is 5.10 Å². The van der Waals surface area contributed by atoms with Crippen molar-refractivity contribution in [2.45, 2.75) is 76.1 Å². The molecule has 62 heavy (non-hydrogen) atoms. The number of fused-ring (bicyclic) bond motifs is 2. The lowest BCUT2D eigenvalue weighted by Crippen LogP contribution is -2.52. The normalized spacial score (nSPS) is 17.3. The van der Waals surface area contributed by atoms with Gasteiger partial charge < -0.3 is 25.2 Å². The average Bonchev–Trinajstić information content (AvgIpc) is 3.75. The van der Waals surface area contributed by atoms with Crippen molar-refractivity contribution in [2.75, 3.05) is 54.9 Å². The summed E-state index contributed by atoms with van der Waals surface area (Å²) in [6.45, 7) is 12.7. The molecule has 2 aromatic carbocycles. The number of H-pyrrole nitrogens is 1. The standard InChI is InChI=1S/C42H48N12O7S/c1-24-25(2)50-51-36(24)49-37-28-18-34(62(59,60)42(3,4)5)33(19-31(28)45-23-46-37)61-17-7-12-52-13-15-53(16-14-52)41-43-20-26(21-44-41)38(56)47-30-9-6-8-27-29(30)22-54(40(27)58)32-10-11-35(55)48-39(32)57/h6,8-9,18-21,23,32H,7,10-17,22H2,1-5H3,(H,47,56)(H,48,55,57)(H2,45,46,49,50,51). The molecule has 3 aromatic heterocycles. The van der Waals surface area contributed by atoms with Crippen LogP contribution in [0.25, 0.3) is 10.9 Å². The monoisotopic (exact) mass is 864 g/mol. The summed E-state index contributed by atoms with van der Waals surface area (Å²) in [4.78, 5) is 74.3. The van der Waals surface area contributed by atoms with Gasteiger partial charge in [-0.15, -0.1) is 0 Å². The Morgan fingerprint density at radius 2 is 1.74 bits per heavy atom. The zero-order valence-electron chi connectivity index (χ0n) is 35.1. The minimum atomic E-state index is -3.83. The first-order chi connectivity index (χ1) is 29.6. The number of carbonyl (C=O) groups excluding carboxylic acids is 4. The van der Waals surface area contributed by atoms with Crippen LogP contribution in [0.4, 0.5) is 23.3 Å². The Hall–Kier alpha value is -6.54. The first-order valence-corrected chi connectivity index (χ1v) is 21.9. The van der Waals surface area contributed by atoms with Crippen molar-refractivity contribution >= 4 is 67.6 Å². The topological polar surface area (TPSA) is 238 Å². The molecule has 3 aliphatic rings. The fraction of sp³-hybridized carbons (Fsp3) is 0.405. The number of rotatable bonds is 12. The molecule has 6 heterocycles. The number of anilines is 4. The summed E-state index contributed by atoms with van der Waals surface area (Å²) >= 11 is 0. The van der Waals surface area contributed by atoms with Gasteiger partial charge in [-0.3, -0.25) is 34.5 Å². The van der Waals surface area contributed by atoms with Crippen LogP contribution in [0.1, 0.15) is 77.6 Å². The van der Waals surface area contributed by atoms with Gasteiger partial charge in [0.25, 0.3) is 11.8 Å². The zero-order valence-corrected chi connectivity index (χ0v) is 35.9. The molecule has 0 saturated carbocycles. The van der Waals surface area contributed by atoms with E-state index < -0.39 is 32.4 Å². The van der Waals surface area contributed by atoms with Crippen molar-refractivity contribution in [1.82, 2.24) is 45.2 Å². The highest BCUT2D eigenvalue weighted by Crippen LogP contribution is 2.38. The Balaban J connectivity index is 0.851. The van der Waals surface area contributed by atoms with Crippen molar-refractivity contribution < 1.29 is 32.3 Å². The van der Waals surface area contributed by atoms with Crippen molar-refractivity contribution in [3.8, 4) is 5.75 Å². The third-order valence-electron chi connectivity index (χ3n) is 11.5. The van der Waals surface area contributed by atoms with Gasteiger partial charge in [0.2, 0.25) is 17.8 Å². The van der Waals surface area contributed by atoms with E-state index in [-0.39, 0.29) is 54.0 Å². The number of ether oxygens (including phenoxy) is 1. The highest BCUT2D eigenvalue weighted by Gasteiger charge is 2.40. The number of aryl methyl sites for hydroxylation is 1. The lowest BCUT2D eigenvalue weighted by molar-refractivity contribution is -0.136. The fourth-order valence-electron chi connectivity index (χ4n) is 7.68. The number of aromatic amines is 1. The van der Waals surface area contributed by atoms with E-state index in [0.717, 1.165) is 30.9 Å². The van der Waals surface area contributed by atoms with Crippen molar-refractivity contribution in [2.24, 2.45) is 0 Å². The van der Waals surface area contributed by atoms with Gasteiger partial charge in [-0.25, -0.2) is 28.4 Å². The second-order valence-corrected chi connectivity index (χ2v) is 19.3. The van der Waals surface area contributed by atoms with E-state index in [9.17, 15) is 27.6 Å². The first-order valence-electron chi connectivity index (χ1n) is 20.4. The molecule has 0 spiro atoms. The third-order valence-corrected chi connectivity index (χ3v) is 14.1. The summed E-state index contributed by atoms with van der Waals surface area (Å²) < 4.78 is 32.9. The number of nitrogens with one attached hydrogen (secondary N) is 4. The number of hydrogen-bond donors (Lipinski definition) is 4. The van der Waals surface area contributed by atoms with Crippen LogP contribution in [-0.4, -0.2) is 122 Å². The minimum Gasteiger partial charge on any atom is -0.492 e. The van der Waals surface area contributed by atoms with Gasteiger partial charge >= 0.3 is 0 Å². The van der Waals surface area contributed by atoms with E-state index in [2.05, 4.69) is 51.0 Å². The Bertz CT molecular complexity index is 2690. The fourth-order valence-corrected chi connectivity index (χ4v) is 8.99. The summed E-state index contributed by atoms with van der Waals surface area (Å²) in [5.41, 5.74) is 4.03. The second kappa shape index (κ2) is 16.7. The molecule has 324 valence electrons. The molecule has 1 unspecified atom stereocenters. The van der Waals surface area contributed by atoms with Crippen LogP contribution in [0.2, 0.25) is 0 Å². The Morgan fingerprint density at radius 1 is 0.984 bits per heavy atom. The lowest BCUT2D eigenvalue weighted by Gasteiger charge is -2.34. The molecule has 19 nitrogen and oxygen atoms in total. The summed E-state index contributed by atoms with van der Waals surface area (Å²) in [5, 5.41) is 16.2. The predicted molar refractivity (Wildman–Crippen MR) is 229 cm³/mol. The SMILES string of the molecule is Cc1[nH]nc(Nc2ncnc3cc(OCCCN4CCN(c5ncc(C(=O)Nc6cccc7c6CN(C6CCC(=O)NC6=O)C7=O)cn5)CC4)c(S(=O)(=O)C(C)(C)C)cc23)c1C. The Kier molecular flexibility index (Phi) is 11.4. The number of hydrogen-bond acceptors (Lipinski definition) is 15. The third kappa shape index (κ3) is 8.26. The van der Waals surface area contributed by atoms with Crippen LogP contribution < -0.4 is 25.6 Å². The maximum absolute atomic E-state index is 13.9. The van der Waals surface area contributed by atoms with E-state index in [1.165, 1.54) is 23.6 Å². The van der Waals surface area contributed by atoms with Crippen LogP contribution >= 0.6 is 0 Å². The number of amides is 4. The number of piperidine rings is 1. The molecule has 1 atom stereocenters. The van der Waals surface area contributed by atoms with E-state index in [1.54, 1.807) is 51.1 Å². The molecule has 0 radical (unpaired) electrons. The first kappa shape index (κ1) is 42.2. The highest BCUT2D eigenvalue weighted by molar-refractivity contribution is 7.92. The molecule has 20 heteroatoms. The number of carbonyl (C=O) groups is 4. The van der Waals surface area contributed by atoms with Crippen LogP contribution in [0, 0.1) is 13.8 Å². The van der Waals surface area contributed by atoms with Gasteiger partial charge in [0.15, 0.2) is 15.7 Å². The van der Waals surface area contributed by atoms with Crippen LogP contribution in [-0.2, 0) is 26.0 Å². The molecular weight excluding hydrogens is 817 g/mol. The minimum absolute atomic E-state index is 0.0702. The summed E-state index contributed by atoms with van der Waals surface area (Å²) in [5.74, 6) is 0.122. The summed E-state index contributed by atoms with van der Waals surface area (Å²) in [7, 11) is -3.83. The van der Waals surface area contributed by atoms with Gasteiger partial charge in [0.05, 0.1) is 22.4 Å². The maximum Gasteiger partial charge on any atom is 0.258 e. The number of imide groups is 1. The predicted octanol–water partition coefficient (Wildman–Crippen LogP) is 3.68. The van der Waals surface area contributed by atoms with Crippen molar-refractivity contribution in [3.05, 3.63) is 77.0 Å². The average molecular weight is 865 g/mol. The second-order valence-electron chi connectivity index (χ2n) is 16.6. The highest BCUT2D eigenvalue weighted by atomic mass is 32.2. The van der Waals surface area contributed by atoms with Gasteiger partial charge in [-0.1, -0.05) is 6.07 Å². The van der Waals surface area contributed by atoms with Gasteiger partial charge in [-0.05, 0) is 65.7 Å². The number of sulfone groups is 1.